The molecule has 0 fully saturated rings. The maximum atomic E-state index is 5.70. The Morgan fingerprint density at radius 3 is 2.79 bits per heavy atom. The Morgan fingerprint density at radius 1 is 1.43 bits per heavy atom. The van der Waals surface area contributed by atoms with E-state index < -0.39 is 0 Å². The summed E-state index contributed by atoms with van der Waals surface area (Å²) in [6.45, 7) is 4.05. The predicted molar refractivity (Wildman–Crippen MR) is 58.2 cm³/mol. The molecule has 0 saturated carbocycles. The predicted octanol–water partition coefficient (Wildman–Crippen LogP) is 3.00. The second-order valence-electron chi connectivity index (χ2n) is 2.72. The summed E-state index contributed by atoms with van der Waals surface area (Å²) < 4.78 is 10.6. The molecule has 1 aromatic carbocycles. The Hall–Kier alpha value is -1.15. The van der Waals surface area contributed by atoms with Gasteiger partial charge >= 0.3 is 0 Å². The summed E-state index contributed by atoms with van der Waals surface area (Å²) in [5, 5.41) is 0. The van der Waals surface area contributed by atoms with Crippen LogP contribution in [0.15, 0.2) is 30.9 Å². The Bertz CT molecular complexity index is 310. The highest BCUT2D eigenvalue weighted by molar-refractivity contribution is 6.17. The molecule has 0 radical (unpaired) electrons. The van der Waals surface area contributed by atoms with Gasteiger partial charge in [0.05, 0.1) is 7.11 Å². The van der Waals surface area contributed by atoms with Crippen molar-refractivity contribution in [3.05, 3.63) is 36.4 Å². The summed E-state index contributed by atoms with van der Waals surface area (Å²) in [5.74, 6) is 1.88. The molecule has 1 aromatic rings. The van der Waals surface area contributed by atoms with Gasteiger partial charge in [0.15, 0.2) is 11.5 Å². The van der Waals surface area contributed by atoms with Crippen LogP contribution in [0.2, 0.25) is 0 Å². The van der Waals surface area contributed by atoms with Crippen molar-refractivity contribution in [3.8, 4) is 11.5 Å². The molecular formula is C11H13ClO2. The molecule has 0 unspecified atom stereocenters. The molecule has 0 heterocycles. The third-order valence-corrected chi connectivity index (χ3v) is 2.05. The molecule has 14 heavy (non-hydrogen) atoms. The molecule has 76 valence electrons. The Kier molecular flexibility index (Phi) is 4.33. The van der Waals surface area contributed by atoms with Gasteiger partial charge in [0.2, 0.25) is 0 Å². The number of halogens is 1. The SMILES string of the molecule is C=CCOc1ccc(CCl)cc1OC. The van der Waals surface area contributed by atoms with Crippen LogP contribution in [-0.2, 0) is 5.88 Å². The minimum absolute atomic E-state index is 0.469. The number of rotatable bonds is 5. The highest BCUT2D eigenvalue weighted by Crippen LogP contribution is 2.28. The van der Waals surface area contributed by atoms with Crippen molar-refractivity contribution in [1.82, 2.24) is 0 Å². The largest absolute Gasteiger partial charge is 0.493 e. The normalized spacial score (nSPS) is 9.57. The molecule has 0 atom stereocenters. The second-order valence-corrected chi connectivity index (χ2v) is 2.99. The molecule has 0 bridgehead atoms. The van der Waals surface area contributed by atoms with E-state index in [1.54, 1.807) is 13.2 Å². The van der Waals surface area contributed by atoms with Crippen LogP contribution in [0.5, 0.6) is 11.5 Å². The van der Waals surface area contributed by atoms with Gasteiger partial charge in [0.1, 0.15) is 6.61 Å². The lowest BCUT2D eigenvalue weighted by Gasteiger charge is -2.09. The van der Waals surface area contributed by atoms with Crippen molar-refractivity contribution >= 4 is 11.6 Å². The number of hydrogen-bond donors (Lipinski definition) is 0. The maximum Gasteiger partial charge on any atom is 0.161 e. The molecule has 0 aliphatic heterocycles. The average molecular weight is 213 g/mol. The minimum atomic E-state index is 0.469. The Labute approximate surface area is 89.1 Å². The summed E-state index contributed by atoms with van der Waals surface area (Å²) >= 11 is 5.70. The lowest BCUT2D eigenvalue weighted by molar-refractivity contribution is 0.326. The van der Waals surface area contributed by atoms with Crippen molar-refractivity contribution in [2.45, 2.75) is 5.88 Å². The monoisotopic (exact) mass is 212 g/mol. The van der Waals surface area contributed by atoms with Crippen molar-refractivity contribution in [3.63, 3.8) is 0 Å². The standard InChI is InChI=1S/C11H13ClO2/c1-3-6-14-10-5-4-9(8-12)7-11(10)13-2/h3-5,7H,1,6,8H2,2H3. The Balaban J connectivity index is 2.87. The van der Waals surface area contributed by atoms with Crippen molar-refractivity contribution in [2.75, 3.05) is 13.7 Å². The van der Waals surface area contributed by atoms with Crippen LogP contribution in [0.4, 0.5) is 0 Å². The molecule has 0 aliphatic carbocycles. The summed E-state index contributed by atoms with van der Waals surface area (Å²) in [7, 11) is 1.61. The van der Waals surface area contributed by atoms with E-state index in [4.69, 9.17) is 21.1 Å². The van der Waals surface area contributed by atoms with E-state index in [2.05, 4.69) is 6.58 Å². The van der Waals surface area contributed by atoms with E-state index in [0.717, 1.165) is 5.56 Å². The molecule has 0 amide bonds. The first-order chi connectivity index (χ1) is 6.81. The van der Waals surface area contributed by atoms with E-state index in [0.29, 0.717) is 24.0 Å². The van der Waals surface area contributed by atoms with E-state index in [1.165, 1.54) is 0 Å². The molecule has 0 spiro atoms. The van der Waals surface area contributed by atoms with Crippen molar-refractivity contribution in [1.29, 1.82) is 0 Å². The summed E-state index contributed by atoms with van der Waals surface area (Å²) in [4.78, 5) is 0. The van der Waals surface area contributed by atoms with Gasteiger partial charge in [-0.05, 0) is 17.7 Å². The zero-order valence-corrected chi connectivity index (χ0v) is 8.88. The summed E-state index contributed by atoms with van der Waals surface area (Å²) in [6, 6.07) is 5.62. The zero-order valence-electron chi connectivity index (χ0n) is 8.13. The molecule has 0 aromatic heterocycles. The quantitative estimate of drug-likeness (QED) is 0.552. The topological polar surface area (TPSA) is 18.5 Å². The van der Waals surface area contributed by atoms with Gasteiger partial charge in [0.25, 0.3) is 0 Å². The lowest BCUT2D eigenvalue weighted by Crippen LogP contribution is -1.96. The highest BCUT2D eigenvalue weighted by Gasteiger charge is 2.04. The first kappa shape index (κ1) is 10.9. The van der Waals surface area contributed by atoms with E-state index in [-0.39, 0.29) is 0 Å². The number of alkyl halides is 1. The van der Waals surface area contributed by atoms with Crippen molar-refractivity contribution < 1.29 is 9.47 Å². The van der Waals surface area contributed by atoms with Crippen LogP contribution in [0.25, 0.3) is 0 Å². The number of benzene rings is 1. The fourth-order valence-electron chi connectivity index (χ4n) is 1.06. The van der Waals surface area contributed by atoms with Crippen LogP contribution in [0.3, 0.4) is 0 Å². The van der Waals surface area contributed by atoms with Crippen LogP contribution >= 0.6 is 11.6 Å². The minimum Gasteiger partial charge on any atom is -0.493 e. The number of ether oxygens (including phenoxy) is 2. The van der Waals surface area contributed by atoms with Gasteiger partial charge in [-0.2, -0.15) is 0 Å². The maximum absolute atomic E-state index is 5.70. The smallest absolute Gasteiger partial charge is 0.161 e. The third-order valence-electron chi connectivity index (χ3n) is 1.74. The van der Waals surface area contributed by atoms with Crippen LogP contribution in [0.1, 0.15) is 5.56 Å². The highest BCUT2D eigenvalue weighted by atomic mass is 35.5. The number of methoxy groups -OCH3 is 1. The second kappa shape index (κ2) is 5.55. The zero-order chi connectivity index (χ0) is 10.4. The molecule has 0 saturated heterocycles. The summed E-state index contributed by atoms with van der Waals surface area (Å²) in [6.07, 6.45) is 1.69. The van der Waals surface area contributed by atoms with E-state index in [9.17, 15) is 0 Å². The molecule has 3 heteroatoms. The Morgan fingerprint density at radius 2 is 2.21 bits per heavy atom. The van der Waals surface area contributed by atoms with Crippen LogP contribution < -0.4 is 9.47 Å². The van der Waals surface area contributed by atoms with Gasteiger partial charge in [-0.3, -0.25) is 0 Å². The fraction of sp³-hybridized carbons (Fsp3) is 0.273. The van der Waals surface area contributed by atoms with E-state index >= 15 is 0 Å². The molecule has 2 nitrogen and oxygen atoms in total. The molecule has 0 N–H and O–H groups in total. The van der Waals surface area contributed by atoms with Gasteiger partial charge in [-0.1, -0.05) is 18.7 Å². The van der Waals surface area contributed by atoms with Crippen molar-refractivity contribution in [2.24, 2.45) is 0 Å². The van der Waals surface area contributed by atoms with Gasteiger partial charge in [-0.15, -0.1) is 11.6 Å². The first-order valence-electron chi connectivity index (χ1n) is 4.28. The average Bonchev–Trinajstić information content (AvgIpc) is 2.26. The van der Waals surface area contributed by atoms with Gasteiger partial charge in [-0.25, -0.2) is 0 Å². The van der Waals surface area contributed by atoms with Gasteiger partial charge < -0.3 is 9.47 Å². The van der Waals surface area contributed by atoms with Crippen LogP contribution in [-0.4, -0.2) is 13.7 Å². The first-order valence-corrected chi connectivity index (χ1v) is 4.82. The lowest BCUT2D eigenvalue weighted by atomic mass is 10.2. The van der Waals surface area contributed by atoms with E-state index in [1.807, 2.05) is 18.2 Å². The molecular weight excluding hydrogens is 200 g/mol. The third kappa shape index (κ3) is 2.67. The molecule has 0 aliphatic rings. The van der Waals surface area contributed by atoms with Gasteiger partial charge in [0, 0.05) is 5.88 Å². The van der Waals surface area contributed by atoms with Crippen LogP contribution in [0, 0.1) is 0 Å². The summed E-state index contributed by atoms with van der Waals surface area (Å²) in [5.41, 5.74) is 1.01. The fourth-order valence-corrected chi connectivity index (χ4v) is 1.23. The number of hydrogen-bond acceptors (Lipinski definition) is 2. The molecule has 1 rings (SSSR count).